The molecule has 2 aromatic rings. The van der Waals surface area contributed by atoms with Crippen molar-refractivity contribution in [1.82, 2.24) is 9.78 Å². The van der Waals surface area contributed by atoms with Gasteiger partial charge in [-0.1, -0.05) is 0 Å². The van der Waals surface area contributed by atoms with E-state index in [1.165, 1.54) is 17.4 Å². The second-order valence-corrected chi connectivity index (χ2v) is 5.79. The fraction of sp³-hybridized carbons (Fsp3) is 0.417. The molecule has 19 heavy (non-hydrogen) atoms. The molecular weight excluding hydrogens is 266 g/mol. The van der Waals surface area contributed by atoms with Crippen molar-refractivity contribution in [3.8, 4) is 5.00 Å². The molecule has 2 aromatic heterocycles. The molecule has 1 unspecified atom stereocenters. The monoisotopic (exact) mass is 279 g/mol. The van der Waals surface area contributed by atoms with Crippen molar-refractivity contribution in [2.24, 2.45) is 0 Å². The second-order valence-electron chi connectivity index (χ2n) is 4.73. The zero-order valence-electron chi connectivity index (χ0n) is 10.3. The zero-order valence-corrected chi connectivity index (χ0v) is 11.1. The highest BCUT2D eigenvalue weighted by molar-refractivity contribution is 7.15. The zero-order chi connectivity index (χ0) is 13.6. The Hall–Kier alpha value is -1.73. The molecule has 100 valence electrons. The molecule has 1 aliphatic carbocycles. The van der Waals surface area contributed by atoms with Crippen molar-refractivity contribution in [2.45, 2.75) is 31.8 Å². The van der Waals surface area contributed by atoms with E-state index in [0.717, 1.165) is 18.5 Å². The van der Waals surface area contributed by atoms with Crippen LogP contribution in [0.3, 0.4) is 0 Å². The third-order valence-corrected chi connectivity index (χ3v) is 4.42. The van der Waals surface area contributed by atoms with Crippen LogP contribution >= 0.6 is 11.3 Å². The lowest BCUT2D eigenvalue weighted by molar-refractivity contribution is -0.384. The Morgan fingerprint density at radius 2 is 2.37 bits per heavy atom. The van der Waals surface area contributed by atoms with Gasteiger partial charge in [0, 0.05) is 23.1 Å². The minimum Gasteiger partial charge on any atom is -0.388 e. The molecular formula is C12H13N3O3S. The molecule has 1 N–H and O–H groups in total. The molecule has 3 rings (SSSR count). The Morgan fingerprint density at radius 1 is 1.63 bits per heavy atom. The van der Waals surface area contributed by atoms with Crippen LogP contribution in [-0.4, -0.2) is 19.8 Å². The number of aliphatic hydroxyl groups is 1. The van der Waals surface area contributed by atoms with Crippen molar-refractivity contribution in [1.29, 1.82) is 0 Å². The third-order valence-electron chi connectivity index (χ3n) is 3.13. The van der Waals surface area contributed by atoms with Gasteiger partial charge in [-0.25, -0.2) is 4.68 Å². The molecule has 7 heteroatoms. The summed E-state index contributed by atoms with van der Waals surface area (Å²) in [6.07, 6.45) is 3.32. The van der Waals surface area contributed by atoms with Gasteiger partial charge in [0.1, 0.15) is 0 Å². The van der Waals surface area contributed by atoms with Gasteiger partial charge in [0.15, 0.2) is 5.00 Å². The lowest BCUT2D eigenvalue weighted by Gasteiger charge is -1.97. The van der Waals surface area contributed by atoms with Crippen molar-refractivity contribution in [3.63, 3.8) is 0 Å². The predicted molar refractivity (Wildman–Crippen MR) is 70.7 cm³/mol. The largest absolute Gasteiger partial charge is 0.388 e. The first kappa shape index (κ1) is 12.3. The topological polar surface area (TPSA) is 81.2 Å². The standard InChI is InChI=1S/C12H13N3O3S/c1-7(16)11-6-10(15(17)18)12(19-11)14-5-4-9(13-14)8-2-3-8/h4-8,16H,2-3H2,1H3. The normalized spacial score (nSPS) is 16.5. The highest BCUT2D eigenvalue weighted by Gasteiger charge is 2.28. The second kappa shape index (κ2) is 4.43. The summed E-state index contributed by atoms with van der Waals surface area (Å²) in [7, 11) is 0. The van der Waals surface area contributed by atoms with E-state index >= 15 is 0 Å². The molecule has 1 fully saturated rings. The van der Waals surface area contributed by atoms with Crippen LogP contribution in [0.15, 0.2) is 18.3 Å². The van der Waals surface area contributed by atoms with Crippen molar-refractivity contribution < 1.29 is 10.0 Å². The number of nitrogens with zero attached hydrogens (tertiary/aromatic N) is 3. The van der Waals surface area contributed by atoms with Crippen LogP contribution in [0.2, 0.25) is 0 Å². The minimum absolute atomic E-state index is 0.00801. The Morgan fingerprint density at radius 3 is 2.95 bits per heavy atom. The number of hydrogen-bond donors (Lipinski definition) is 1. The summed E-state index contributed by atoms with van der Waals surface area (Å²) >= 11 is 1.20. The predicted octanol–water partition coefficient (Wildman–Crippen LogP) is 2.77. The van der Waals surface area contributed by atoms with Gasteiger partial charge in [-0.2, -0.15) is 5.10 Å². The maximum Gasteiger partial charge on any atom is 0.306 e. The van der Waals surface area contributed by atoms with Gasteiger partial charge in [0.2, 0.25) is 0 Å². The van der Waals surface area contributed by atoms with Crippen LogP contribution in [0.5, 0.6) is 0 Å². The molecule has 0 spiro atoms. The van der Waals surface area contributed by atoms with E-state index in [-0.39, 0.29) is 5.69 Å². The summed E-state index contributed by atoms with van der Waals surface area (Å²) in [5, 5.41) is 25.5. The van der Waals surface area contributed by atoms with Gasteiger partial charge < -0.3 is 5.11 Å². The van der Waals surface area contributed by atoms with E-state index in [2.05, 4.69) is 5.10 Å². The molecule has 0 saturated heterocycles. The van der Waals surface area contributed by atoms with Crippen molar-refractivity contribution in [2.75, 3.05) is 0 Å². The number of thiophene rings is 1. The molecule has 1 aliphatic rings. The molecule has 1 atom stereocenters. The quantitative estimate of drug-likeness (QED) is 0.689. The van der Waals surface area contributed by atoms with Crippen LogP contribution in [0.25, 0.3) is 5.00 Å². The fourth-order valence-electron chi connectivity index (χ4n) is 1.94. The molecule has 0 bridgehead atoms. The van der Waals surface area contributed by atoms with E-state index in [1.807, 2.05) is 6.07 Å². The van der Waals surface area contributed by atoms with Gasteiger partial charge in [-0.15, -0.1) is 11.3 Å². The summed E-state index contributed by atoms with van der Waals surface area (Å²) < 4.78 is 1.54. The van der Waals surface area contributed by atoms with E-state index in [4.69, 9.17) is 0 Å². The summed E-state index contributed by atoms with van der Waals surface area (Å²) in [6, 6.07) is 3.33. The summed E-state index contributed by atoms with van der Waals surface area (Å²) in [5.41, 5.74) is 0.979. The summed E-state index contributed by atoms with van der Waals surface area (Å²) in [4.78, 5) is 11.2. The summed E-state index contributed by atoms with van der Waals surface area (Å²) in [5.74, 6) is 0.511. The van der Waals surface area contributed by atoms with Crippen LogP contribution in [0.1, 0.15) is 42.4 Å². The van der Waals surface area contributed by atoms with E-state index in [9.17, 15) is 15.2 Å². The minimum atomic E-state index is -0.712. The van der Waals surface area contributed by atoms with E-state index in [1.54, 1.807) is 17.8 Å². The van der Waals surface area contributed by atoms with E-state index in [0.29, 0.717) is 15.8 Å². The lowest BCUT2D eigenvalue weighted by atomic mass is 10.3. The van der Waals surface area contributed by atoms with E-state index < -0.39 is 11.0 Å². The first-order valence-electron chi connectivity index (χ1n) is 6.08. The van der Waals surface area contributed by atoms with Gasteiger partial charge in [-0.3, -0.25) is 10.1 Å². The third kappa shape index (κ3) is 2.26. The average Bonchev–Trinajstić information content (AvgIpc) is 2.93. The Kier molecular flexibility index (Phi) is 2.87. The fourth-order valence-corrected chi connectivity index (χ4v) is 2.94. The van der Waals surface area contributed by atoms with Crippen LogP contribution in [0, 0.1) is 10.1 Å². The van der Waals surface area contributed by atoms with Crippen molar-refractivity contribution >= 4 is 17.0 Å². The lowest BCUT2D eigenvalue weighted by Crippen LogP contribution is -1.97. The molecule has 0 amide bonds. The number of nitro groups is 1. The highest BCUT2D eigenvalue weighted by Crippen LogP contribution is 2.40. The maximum atomic E-state index is 11.1. The molecule has 6 nitrogen and oxygen atoms in total. The smallest absolute Gasteiger partial charge is 0.306 e. The average molecular weight is 279 g/mol. The Balaban J connectivity index is 2.03. The maximum absolute atomic E-state index is 11.1. The Bertz CT molecular complexity index is 628. The number of aliphatic hydroxyl groups excluding tert-OH is 1. The Labute approximate surface area is 113 Å². The van der Waals surface area contributed by atoms with Gasteiger partial charge in [0.05, 0.1) is 16.7 Å². The first-order valence-corrected chi connectivity index (χ1v) is 6.90. The molecule has 0 aromatic carbocycles. The molecule has 1 saturated carbocycles. The highest BCUT2D eigenvalue weighted by atomic mass is 32.1. The van der Waals surface area contributed by atoms with Gasteiger partial charge in [-0.05, 0) is 25.8 Å². The molecule has 0 radical (unpaired) electrons. The van der Waals surface area contributed by atoms with Gasteiger partial charge in [0.25, 0.3) is 0 Å². The SMILES string of the molecule is CC(O)c1cc([N+](=O)[O-])c(-n2ccc(C3CC3)n2)s1. The first-order chi connectivity index (χ1) is 9.06. The summed E-state index contributed by atoms with van der Waals surface area (Å²) in [6.45, 7) is 1.60. The van der Waals surface area contributed by atoms with Gasteiger partial charge >= 0.3 is 5.69 Å². The van der Waals surface area contributed by atoms with Crippen LogP contribution < -0.4 is 0 Å². The van der Waals surface area contributed by atoms with Crippen molar-refractivity contribution in [3.05, 3.63) is 39.0 Å². The number of rotatable bonds is 4. The molecule has 2 heterocycles. The number of hydrogen-bond acceptors (Lipinski definition) is 5. The van der Waals surface area contributed by atoms with Crippen LogP contribution in [-0.2, 0) is 0 Å². The number of aromatic nitrogens is 2. The van der Waals surface area contributed by atoms with Crippen LogP contribution in [0.4, 0.5) is 5.69 Å². The molecule has 0 aliphatic heterocycles.